The lowest BCUT2D eigenvalue weighted by atomic mass is 10.0. The van der Waals surface area contributed by atoms with Gasteiger partial charge in [0, 0.05) is 218 Å². The molecule has 10 aromatic carbocycles. The van der Waals surface area contributed by atoms with Gasteiger partial charge in [-0.2, -0.15) is 0 Å². The van der Waals surface area contributed by atoms with Crippen molar-refractivity contribution in [2.45, 2.75) is 32.7 Å². The van der Waals surface area contributed by atoms with Gasteiger partial charge in [0.05, 0.1) is 56.9 Å². The zero-order chi connectivity index (χ0) is 81.8. The van der Waals surface area contributed by atoms with E-state index in [0.717, 1.165) is 221 Å². The minimum absolute atomic E-state index is 0. The van der Waals surface area contributed by atoms with E-state index < -0.39 is 0 Å². The molecule has 6 N–H and O–H groups in total. The molecule has 5 saturated heterocycles. The molecule has 123 heavy (non-hydrogen) atoms. The summed E-state index contributed by atoms with van der Waals surface area (Å²) in [6, 6.07) is 107. The second kappa shape index (κ2) is 44.2. The molecule has 0 unspecified atom stereocenters. The van der Waals surface area contributed by atoms with Crippen molar-refractivity contribution in [1.29, 1.82) is 0 Å². The third-order valence-corrected chi connectivity index (χ3v) is 24.1. The second-order valence-corrected chi connectivity index (χ2v) is 33.1. The fourth-order valence-electron chi connectivity index (χ4n) is 16.9. The Balaban J connectivity index is 0.000000131. The van der Waals surface area contributed by atoms with E-state index in [1.807, 2.05) is 0 Å². The van der Waals surface area contributed by atoms with Gasteiger partial charge in [0.25, 0.3) is 0 Å². The van der Waals surface area contributed by atoms with Gasteiger partial charge in [0.15, 0.2) is 0 Å². The summed E-state index contributed by atoms with van der Waals surface area (Å²) in [5.41, 5.74) is 17.2. The molecule has 0 spiro atoms. The van der Waals surface area contributed by atoms with E-state index in [0.29, 0.717) is 0 Å². The molecule has 0 aliphatic carbocycles. The summed E-state index contributed by atoms with van der Waals surface area (Å²) >= 11 is 0. The number of piperazine rings is 5. The topological polar surface area (TPSA) is 191 Å². The van der Waals surface area contributed by atoms with Crippen LogP contribution >= 0.6 is 0 Å². The van der Waals surface area contributed by atoms with Crippen LogP contribution in [0, 0.1) is 0 Å². The van der Waals surface area contributed by atoms with Gasteiger partial charge < -0.3 is 40.9 Å². The van der Waals surface area contributed by atoms with E-state index in [2.05, 4.69) is 388 Å². The van der Waals surface area contributed by atoms with Gasteiger partial charge in [-0.15, -0.1) is 0 Å². The summed E-state index contributed by atoms with van der Waals surface area (Å²) < 4.78 is 0. The summed E-state index contributed by atoms with van der Waals surface area (Å²) in [6.45, 7) is 27.2. The van der Waals surface area contributed by atoms with E-state index in [-0.39, 0.29) is 16.4 Å². The Hall–Kier alpha value is -11.3. The average molecular weight is 1640 g/mol. The number of rotatable bonds is 15. The van der Waals surface area contributed by atoms with E-state index in [1.165, 1.54) is 81.7 Å². The van der Waals surface area contributed by atoms with Crippen LogP contribution in [0.25, 0.3) is 110 Å². The molecule has 5 aliphatic rings. The van der Waals surface area contributed by atoms with Crippen molar-refractivity contribution in [2.24, 2.45) is 0 Å². The Kier molecular flexibility index (Phi) is 32.1. The molecule has 10 heterocycles. The Morgan fingerprint density at radius 3 is 0.472 bits per heavy atom. The third-order valence-electron chi connectivity index (χ3n) is 24.1. The van der Waals surface area contributed by atoms with Crippen molar-refractivity contribution in [1.82, 2.24) is 73.9 Å². The second-order valence-electron chi connectivity index (χ2n) is 33.1. The molecule has 5 aromatic heterocycles. The number of benzene rings is 10. The van der Waals surface area contributed by atoms with Crippen LogP contribution in [0.4, 0.5) is 0 Å². The highest BCUT2D eigenvalue weighted by Crippen LogP contribution is 2.34. The number of aromatic nitrogens is 5. The minimum Gasteiger partial charge on any atom is -0.412 e. The van der Waals surface area contributed by atoms with Gasteiger partial charge in [-0.25, -0.2) is 0 Å². The first-order valence-electron chi connectivity index (χ1n) is 43.2. The first kappa shape index (κ1) is 89.5. The van der Waals surface area contributed by atoms with Crippen molar-refractivity contribution in [3.05, 3.63) is 332 Å². The number of pyridine rings is 5. The lowest BCUT2D eigenvalue weighted by Crippen LogP contribution is -2.44. The predicted molar refractivity (Wildman–Crippen MR) is 511 cm³/mol. The number of nitrogens with zero attached hydrogens (tertiary/aromatic N) is 15. The van der Waals surface area contributed by atoms with Gasteiger partial charge in [-0.1, -0.05) is 273 Å². The first-order chi connectivity index (χ1) is 59.0. The zero-order valence-corrected chi connectivity index (χ0v) is 72.3. The molecule has 5 aliphatic heterocycles. The van der Waals surface area contributed by atoms with Gasteiger partial charge in [-0.3, -0.25) is 49.4 Å². The van der Waals surface area contributed by atoms with Crippen molar-refractivity contribution in [3.8, 4) is 56.3 Å². The highest BCUT2D eigenvalue weighted by atomic mass is 16.0. The molecule has 20 rings (SSSR count). The van der Waals surface area contributed by atoms with Gasteiger partial charge in [0.2, 0.25) is 0 Å². The maximum Gasteiger partial charge on any atom is 0.0784 e. The van der Waals surface area contributed by atoms with Gasteiger partial charge in [-0.05, 0) is 92.5 Å². The normalized spacial score (nSPS) is 16.1. The van der Waals surface area contributed by atoms with E-state index >= 15 is 0 Å². The van der Waals surface area contributed by atoms with E-state index in [4.69, 9.17) is 24.9 Å². The van der Waals surface area contributed by atoms with Crippen LogP contribution < -0.4 is 0 Å². The fourth-order valence-corrected chi connectivity index (χ4v) is 16.9. The van der Waals surface area contributed by atoms with Crippen LogP contribution in [0.15, 0.2) is 303 Å². The van der Waals surface area contributed by atoms with Crippen molar-refractivity contribution < 1.29 is 16.4 Å². The van der Waals surface area contributed by atoms with Gasteiger partial charge >= 0.3 is 0 Å². The third kappa shape index (κ3) is 24.0. The van der Waals surface area contributed by atoms with E-state index in [9.17, 15) is 0 Å². The van der Waals surface area contributed by atoms with Crippen LogP contribution in [-0.2, 0) is 32.7 Å². The monoisotopic (exact) mass is 1640 g/mol. The molecule has 0 atom stereocenters. The summed E-state index contributed by atoms with van der Waals surface area (Å²) in [4.78, 5) is 49.6. The maximum absolute atomic E-state index is 5.03. The van der Waals surface area contributed by atoms with Crippen LogP contribution in [0.3, 0.4) is 0 Å². The largest absolute Gasteiger partial charge is 0.412 e. The summed E-state index contributed by atoms with van der Waals surface area (Å²) in [6.07, 6.45) is 0. The lowest BCUT2D eigenvalue weighted by molar-refractivity contribution is 0.147. The SMILES string of the molecule is CN1CCN(Cc2cc3ccccc3c(-c3ccccc3)n2)CC1.CN1CCN(Cc2cc3ccccc3c(-c3ccccc3)n2)CC1.CN1CCN(Cc2cc3ccccc3c(-c3ccccc3)n2)CC1.CN1CCN(Cc2cc3ccccc3c(-c3ccccc3)n2)CC1.CN1CCN(Cc2cc3ccccc3c(-c3ccccc3)n2)CC1.O.O.O. The van der Waals surface area contributed by atoms with Crippen molar-refractivity contribution in [2.75, 3.05) is 166 Å². The quantitative estimate of drug-likeness (QED) is 0.0941. The fraction of sp³-hybridized carbons (Fsp3) is 0.286. The van der Waals surface area contributed by atoms with Gasteiger partial charge in [0.1, 0.15) is 0 Å². The highest BCUT2D eigenvalue weighted by Gasteiger charge is 2.23. The molecule has 15 aromatic rings. The number of fused-ring (bicyclic) bond motifs is 5. The number of likely N-dealkylation sites (N-methyl/N-ethyl adjacent to an activating group) is 5. The molecule has 0 amide bonds. The van der Waals surface area contributed by atoms with Crippen LogP contribution in [0.2, 0.25) is 0 Å². The maximum atomic E-state index is 5.03. The Bertz CT molecular complexity index is 4950. The Morgan fingerprint density at radius 2 is 0.317 bits per heavy atom. The standard InChI is InChI=1S/5C21H23N3.3H2O/c5*1-23-11-13-24(14-12-23)16-19-15-18-9-5-6-10-20(18)21(22-19)17-7-3-2-4-8-17;;;/h5*2-10,15H,11-14,16H2,1H3;3*1H2. The Labute approximate surface area is 726 Å². The average Bonchev–Trinajstić information content (AvgIpc) is 0.812. The van der Waals surface area contributed by atoms with Crippen molar-refractivity contribution >= 4 is 53.9 Å². The van der Waals surface area contributed by atoms with Crippen LogP contribution in [-0.4, -0.2) is 256 Å². The minimum atomic E-state index is 0. The highest BCUT2D eigenvalue weighted by molar-refractivity contribution is 5.99. The summed E-state index contributed by atoms with van der Waals surface area (Å²) in [5, 5.41) is 12.5. The molecule has 18 heteroatoms. The smallest absolute Gasteiger partial charge is 0.0784 e. The summed E-state index contributed by atoms with van der Waals surface area (Å²) in [5.74, 6) is 0. The molecule has 0 bridgehead atoms. The molecule has 0 radical (unpaired) electrons. The van der Waals surface area contributed by atoms with Crippen molar-refractivity contribution in [3.63, 3.8) is 0 Å². The zero-order valence-electron chi connectivity index (χ0n) is 72.3. The molecule has 0 saturated carbocycles. The van der Waals surface area contributed by atoms with Crippen LogP contribution in [0.5, 0.6) is 0 Å². The number of hydrogen-bond donors (Lipinski definition) is 0. The number of hydrogen-bond acceptors (Lipinski definition) is 15. The molecule has 18 nitrogen and oxygen atoms in total. The lowest BCUT2D eigenvalue weighted by Gasteiger charge is -2.32. The van der Waals surface area contributed by atoms with E-state index in [1.54, 1.807) is 0 Å². The molecule has 5 fully saturated rings. The molecule has 634 valence electrons. The molecular weight excluding hydrogens is 1520 g/mol. The molecular formula is C105H121N15O3. The van der Waals surface area contributed by atoms with Crippen LogP contribution in [0.1, 0.15) is 28.5 Å². The Morgan fingerprint density at radius 1 is 0.179 bits per heavy atom. The predicted octanol–water partition coefficient (Wildman–Crippen LogP) is 15.8. The summed E-state index contributed by atoms with van der Waals surface area (Å²) in [7, 11) is 11.0. The first-order valence-corrected chi connectivity index (χ1v) is 43.2.